The summed E-state index contributed by atoms with van der Waals surface area (Å²) in [4.78, 5) is 28.2. The molecular formula is C20H28N2O3. The molecule has 2 saturated heterocycles. The molecule has 2 heterocycles. The first-order valence-corrected chi connectivity index (χ1v) is 9.19. The van der Waals surface area contributed by atoms with E-state index < -0.39 is 0 Å². The van der Waals surface area contributed by atoms with Crippen LogP contribution in [-0.2, 0) is 14.3 Å². The highest BCUT2D eigenvalue weighted by Crippen LogP contribution is 2.39. The van der Waals surface area contributed by atoms with E-state index >= 15 is 0 Å². The number of nitrogens with zero attached hydrogens (tertiary/aromatic N) is 2. The average molecular weight is 344 g/mol. The number of piperidine rings is 1. The Bertz CT molecular complexity index is 621. The fourth-order valence-corrected chi connectivity index (χ4v) is 3.95. The second-order valence-electron chi connectivity index (χ2n) is 7.56. The van der Waals surface area contributed by atoms with Crippen LogP contribution in [0.1, 0.15) is 40.0 Å². The van der Waals surface area contributed by atoms with Gasteiger partial charge in [0.1, 0.15) is 0 Å². The van der Waals surface area contributed by atoms with Gasteiger partial charge in [-0.1, -0.05) is 32.0 Å². The summed E-state index contributed by atoms with van der Waals surface area (Å²) in [6.07, 6.45) is 2.54. The molecule has 1 spiro atoms. The first-order chi connectivity index (χ1) is 11.9. The topological polar surface area (TPSA) is 49.9 Å². The summed E-state index contributed by atoms with van der Waals surface area (Å²) < 4.78 is 6.22. The minimum atomic E-state index is -0.194. The van der Waals surface area contributed by atoms with Crippen molar-refractivity contribution in [2.24, 2.45) is 5.92 Å². The zero-order chi connectivity index (χ0) is 18.0. The number of rotatable bonds is 3. The smallest absolute Gasteiger partial charge is 0.229 e. The monoisotopic (exact) mass is 344 g/mol. The number of carbonyl (C=O) groups excluding carboxylic acids is 2. The minimum Gasteiger partial charge on any atom is -0.373 e. The largest absolute Gasteiger partial charge is 0.373 e. The minimum absolute atomic E-state index is 0.0566. The van der Waals surface area contributed by atoms with E-state index in [4.69, 9.17) is 4.74 Å². The van der Waals surface area contributed by atoms with Gasteiger partial charge in [0.15, 0.2) is 0 Å². The van der Waals surface area contributed by atoms with Gasteiger partial charge < -0.3 is 14.5 Å². The molecule has 2 aliphatic rings. The predicted octanol–water partition coefficient (Wildman–Crippen LogP) is 2.85. The zero-order valence-electron chi connectivity index (χ0n) is 15.4. The number of hydrogen-bond acceptors (Lipinski definition) is 3. The molecule has 2 amide bonds. The first kappa shape index (κ1) is 17.9. The Labute approximate surface area is 149 Å². The van der Waals surface area contributed by atoms with Crippen LogP contribution in [0, 0.1) is 5.92 Å². The van der Waals surface area contributed by atoms with E-state index in [1.165, 1.54) is 0 Å². The van der Waals surface area contributed by atoms with E-state index in [0.29, 0.717) is 6.61 Å². The summed E-state index contributed by atoms with van der Waals surface area (Å²) in [6, 6.07) is 9.93. The summed E-state index contributed by atoms with van der Waals surface area (Å²) in [6.45, 7) is 7.55. The normalized spacial score (nSPS) is 22.4. The van der Waals surface area contributed by atoms with Gasteiger partial charge in [0.05, 0.1) is 18.2 Å². The van der Waals surface area contributed by atoms with Gasteiger partial charge in [-0.15, -0.1) is 0 Å². The van der Waals surface area contributed by atoms with Gasteiger partial charge in [0.2, 0.25) is 11.8 Å². The van der Waals surface area contributed by atoms with Gasteiger partial charge in [-0.25, -0.2) is 0 Å². The number of hydrogen-bond donors (Lipinski definition) is 0. The van der Waals surface area contributed by atoms with E-state index in [-0.39, 0.29) is 29.4 Å². The molecule has 0 unspecified atom stereocenters. The summed E-state index contributed by atoms with van der Waals surface area (Å²) in [5, 5.41) is 0. The molecular weight excluding hydrogens is 316 g/mol. The second kappa shape index (κ2) is 7.16. The van der Waals surface area contributed by atoms with Gasteiger partial charge in [-0.3, -0.25) is 9.59 Å². The van der Waals surface area contributed by atoms with Crippen molar-refractivity contribution in [1.29, 1.82) is 0 Å². The molecule has 1 atom stereocenters. The van der Waals surface area contributed by atoms with Crippen molar-refractivity contribution >= 4 is 17.5 Å². The molecule has 5 nitrogen and oxygen atoms in total. The summed E-state index contributed by atoms with van der Waals surface area (Å²) in [5.74, 6) is 0.208. The Kier molecular flexibility index (Phi) is 5.13. The highest BCUT2D eigenvalue weighted by molar-refractivity contribution is 5.95. The molecule has 1 aromatic rings. The highest BCUT2D eigenvalue weighted by atomic mass is 16.5. The van der Waals surface area contributed by atoms with Crippen LogP contribution in [0.15, 0.2) is 30.3 Å². The molecule has 2 fully saturated rings. The molecule has 0 aromatic heterocycles. The van der Waals surface area contributed by atoms with Crippen LogP contribution in [0.3, 0.4) is 0 Å². The lowest BCUT2D eigenvalue weighted by molar-refractivity contribution is -0.133. The Morgan fingerprint density at radius 2 is 1.84 bits per heavy atom. The first-order valence-electron chi connectivity index (χ1n) is 9.19. The Morgan fingerprint density at radius 3 is 2.40 bits per heavy atom. The van der Waals surface area contributed by atoms with E-state index in [1.54, 1.807) is 6.92 Å². The Morgan fingerprint density at radius 1 is 1.20 bits per heavy atom. The van der Waals surface area contributed by atoms with Gasteiger partial charge in [0, 0.05) is 31.6 Å². The standard InChI is InChI=1S/C20H28N2O3/c1-15(2)19(24)22(17-7-5-4-6-8-17)18-13-20(25-14-18)9-11-21(12-10-20)16(3)23/h4-8,15,18H,9-14H2,1-3H3/t18-/m0/s1. The molecule has 25 heavy (non-hydrogen) atoms. The van der Waals surface area contributed by atoms with Gasteiger partial charge in [-0.2, -0.15) is 0 Å². The number of benzene rings is 1. The fourth-order valence-electron chi connectivity index (χ4n) is 3.95. The molecule has 0 N–H and O–H groups in total. The van der Waals surface area contributed by atoms with Gasteiger partial charge in [-0.05, 0) is 31.4 Å². The van der Waals surface area contributed by atoms with Crippen LogP contribution in [0.5, 0.6) is 0 Å². The van der Waals surface area contributed by atoms with E-state index in [1.807, 2.05) is 54.0 Å². The fraction of sp³-hybridized carbons (Fsp3) is 0.600. The van der Waals surface area contributed by atoms with Crippen LogP contribution in [0.2, 0.25) is 0 Å². The highest BCUT2D eigenvalue weighted by Gasteiger charge is 2.46. The van der Waals surface area contributed by atoms with Crippen molar-refractivity contribution in [3.8, 4) is 0 Å². The summed E-state index contributed by atoms with van der Waals surface area (Å²) in [7, 11) is 0. The Hall–Kier alpha value is -1.88. The van der Waals surface area contributed by atoms with E-state index in [2.05, 4.69) is 0 Å². The Balaban J connectivity index is 1.76. The summed E-state index contributed by atoms with van der Waals surface area (Å²) >= 11 is 0. The van der Waals surface area contributed by atoms with Crippen LogP contribution in [-0.4, -0.2) is 48.1 Å². The van der Waals surface area contributed by atoms with Crippen LogP contribution in [0.25, 0.3) is 0 Å². The number of para-hydroxylation sites is 1. The molecule has 2 aliphatic heterocycles. The molecule has 136 valence electrons. The predicted molar refractivity (Wildman–Crippen MR) is 97.3 cm³/mol. The van der Waals surface area contributed by atoms with Crippen molar-refractivity contribution in [3.05, 3.63) is 30.3 Å². The molecule has 0 bridgehead atoms. The lowest BCUT2D eigenvalue weighted by Gasteiger charge is -2.38. The molecule has 0 radical (unpaired) electrons. The molecule has 5 heteroatoms. The molecule has 0 aliphatic carbocycles. The third-order valence-electron chi connectivity index (χ3n) is 5.44. The lowest BCUT2D eigenvalue weighted by atomic mass is 9.86. The molecule has 1 aromatic carbocycles. The number of likely N-dealkylation sites (tertiary alicyclic amines) is 1. The SMILES string of the molecule is CC(=O)N1CCC2(CC1)C[C@H](N(C(=O)C(C)C)c1ccccc1)CO2. The number of amides is 2. The molecule has 3 rings (SSSR count). The maximum Gasteiger partial charge on any atom is 0.229 e. The van der Waals surface area contributed by atoms with Crippen molar-refractivity contribution in [2.45, 2.75) is 51.7 Å². The number of carbonyl (C=O) groups is 2. The van der Waals surface area contributed by atoms with Gasteiger partial charge in [0.25, 0.3) is 0 Å². The van der Waals surface area contributed by atoms with Crippen molar-refractivity contribution in [2.75, 3.05) is 24.6 Å². The zero-order valence-corrected chi connectivity index (χ0v) is 15.4. The van der Waals surface area contributed by atoms with Crippen molar-refractivity contribution in [1.82, 2.24) is 4.90 Å². The van der Waals surface area contributed by atoms with Crippen LogP contribution >= 0.6 is 0 Å². The van der Waals surface area contributed by atoms with E-state index in [0.717, 1.165) is 38.0 Å². The average Bonchev–Trinajstić information content (AvgIpc) is 2.99. The van der Waals surface area contributed by atoms with E-state index in [9.17, 15) is 9.59 Å². The molecule has 0 saturated carbocycles. The van der Waals surface area contributed by atoms with Gasteiger partial charge >= 0.3 is 0 Å². The third-order valence-corrected chi connectivity index (χ3v) is 5.44. The summed E-state index contributed by atoms with van der Waals surface area (Å²) in [5.41, 5.74) is 0.744. The van der Waals surface area contributed by atoms with Crippen LogP contribution in [0.4, 0.5) is 5.69 Å². The van der Waals surface area contributed by atoms with Crippen molar-refractivity contribution < 1.29 is 14.3 Å². The number of ether oxygens (including phenoxy) is 1. The number of anilines is 1. The third kappa shape index (κ3) is 3.71. The van der Waals surface area contributed by atoms with Crippen molar-refractivity contribution in [3.63, 3.8) is 0 Å². The quantitative estimate of drug-likeness (QED) is 0.847. The van der Waals surface area contributed by atoms with Crippen LogP contribution < -0.4 is 4.90 Å². The second-order valence-corrected chi connectivity index (χ2v) is 7.56. The maximum absolute atomic E-state index is 12.9. The maximum atomic E-state index is 12.9. The lowest BCUT2D eigenvalue weighted by Crippen LogP contribution is -2.47.